The fourth-order valence-electron chi connectivity index (χ4n) is 1.80. The number of carbonyl (C=O) groups excluding carboxylic acids is 1. The van der Waals surface area contributed by atoms with Crippen LogP contribution in [0.3, 0.4) is 0 Å². The summed E-state index contributed by atoms with van der Waals surface area (Å²) in [6.07, 6.45) is 5.45. The molecule has 2 rings (SSSR count). The zero-order valence-electron chi connectivity index (χ0n) is 12.7. The van der Waals surface area contributed by atoms with Gasteiger partial charge in [-0.05, 0) is 31.7 Å². The Balaban J connectivity index is 0.00000220. The molecule has 0 radical (unpaired) electrons. The number of likely N-dealkylation sites (N-methyl/N-ethyl adjacent to an activating group) is 1. The van der Waals surface area contributed by atoms with Gasteiger partial charge in [0.15, 0.2) is 0 Å². The van der Waals surface area contributed by atoms with Crippen LogP contribution in [0, 0.1) is 0 Å². The zero-order valence-corrected chi connectivity index (χ0v) is 14.3. The number of benzene rings is 1. The van der Waals surface area contributed by atoms with Crippen LogP contribution >= 0.6 is 24.8 Å². The molecule has 0 saturated heterocycles. The topological polar surface area (TPSA) is 58.9 Å². The number of hydrogen-bond acceptors (Lipinski definition) is 3. The van der Waals surface area contributed by atoms with Crippen LogP contribution in [0.4, 0.5) is 0 Å². The number of hydrogen-bond donors (Lipinski definition) is 2. The first-order valence-corrected chi connectivity index (χ1v) is 6.69. The van der Waals surface area contributed by atoms with Crippen LogP contribution in [0.1, 0.15) is 22.8 Å². The molecule has 1 unspecified atom stereocenters. The third-order valence-electron chi connectivity index (χ3n) is 3.20. The molecule has 0 saturated carbocycles. The Morgan fingerprint density at radius 3 is 2.50 bits per heavy atom. The molecule has 2 N–H and O–H groups in total. The SMILES string of the molecule is CNC(C)CNC(=O)c1ccc(Cn2ccnc2)cc1.Cl.Cl. The second kappa shape index (κ2) is 10.2. The summed E-state index contributed by atoms with van der Waals surface area (Å²) >= 11 is 0. The molecule has 122 valence electrons. The van der Waals surface area contributed by atoms with Crippen molar-refractivity contribution >= 4 is 30.7 Å². The molecule has 1 heterocycles. The van der Waals surface area contributed by atoms with Crippen LogP contribution in [0.25, 0.3) is 0 Å². The van der Waals surface area contributed by atoms with E-state index in [1.165, 1.54) is 0 Å². The van der Waals surface area contributed by atoms with Gasteiger partial charge in [0.1, 0.15) is 0 Å². The number of imidazole rings is 1. The van der Waals surface area contributed by atoms with Crippen LogP contribution in [0.2, 0.25) is 0 Å². The molecule has 0 bridgehead atoms. The maximum absolute atomic E-state index is 11.9. The highest BCUT2D eigenvalue weighted by molar-refractivity contribution is 5.94. The van der Waals surface area contributed by atoms with Gasteiger partial charge in [0.2, 0.25) is 0 Å². The molecule has 2 aromatic rings. The summed E-state index contributed by atoms with van der Waals surface area (Å²) in [4.78, 5) is 15.9. The monoisotopic (exact) mass is 344 g/mol. The normalized spacial score (nSPS) is 11.0. The minimum Gasteiger partial charge on any atom is -0.350 e. The Hall–Kier alpha value is -1.56. The van der Waals surface area contributed by atoms with Crippen LogP contribution in [-0.4, -0.2) is 35.1 Å². The summed E-state index contributed by atoms with van der Waals surface area (Å²) < 4.78 is 1.99. The highest BCUT2D eigenvalue weighted by atomic mass is 35.5. The maximum atomic E-state index is 11.9. The highest BCUT2D eigenvalue weighted by Gasteiger charge is 2.06. The number of carbonyl (C=O) groups is 1. The number of nitrogens with zero attached hydrogens (tertiary/aromatic N) is 2. The van der Waals surface area contributed by atoms with Gasteiger partial charge >= 0.3 is 0 Å². The van der Waals surface area contributed by atoms with Gasteiger partial charge in [-0.2, -0.15) is 0 Å². The van der Waals surface area contributed by atoms with Crippen LogP contribution in [-0.2, 0) is 6.54 Å². The van der Waals surface area contributed by atoms with E-state index >= 15 is 0 Å². The first-order valence-electron chi connectivity index (χ1n) is 6.69. The van der Waals surface area contributed by atoms with Gasteiger partial charge in [0.25, 0.3) is 5.91 Å². The van der Waals surface area contributed by atoms with Gasteiger partial charge in [-0.25, -0.2) is 4.98 Å². The van der Waals surface area contributed by atoms with E-state index < -0.39 is 0 Å². The molecule has 0 aliphatic carbocycles. The lowest BCUT2D eigenvalue weighted by Gasteiger charge is -2.11. The quantitative estimate of drug-likeness (QED) is 0.843. The summed E-state index contributed by atoms with van der Waals surface area (Å²) in [5.74, 6) is -0.0405. The van der Waals surface area contributed by atoms with Crippen molar-refractivity contribution in [3.63, 3.8) is 0 Å². The van der Waals surface area contributed by atoms with E-state index in [1.807, 2.05) is 49.0 Å². The van der Waals surface area contributed by atoms with E-state index in [1.54, 1.807) is 12.5 Å². The van der Waals surface area contributed by atoms with Crippen LogP contribution in [0.5, 0.6) is 0 Å². The van der Waals surface area contributed by atoms with E-state index in [-0.39, 0.29) is 36.8 Å². The predicted octanol–water partition coefficient (Wildman–Crippen LogP) is 2.11. The van der Waals surface area contributed by atoms with E-state index in [0.29, 0.717) is 12.1 Å². The molecule has 0 spiro atoms. The van der Waals surface area contributed by atoms with Gasteiger partial charge in [0.05, 0.1) is 6.33 Å². The number of nitrogens with one attached hydrogen (secondary N) is 2. The van der Waals surface area contributed by atoms with Crippen molar-refractivity contribution in [3.8, 4) is 0 Å². The third kappa shape index (κ3) is 6.05. The van der Waals surface area contributed by atoms with Gasteiger partial charge < -0.3 is 15.2 Å². The average molecular weight is 345 g/mol. The molecule has 1 amide bonds. The largest absolute Gasteiger partial charge is 0.350 e. The Kier molecular flexibility index (Phi) is 9.49. The van der Waals surface area contributed by atoms with Gasteiger partial charge in [-0.1, -0.05) is 12.1 Å². The summed E-state index contributed by atoms with van der Waals surface area (Å²) in [7, 11) is 1.88. The van der Waals surface area contributed by atoms with Gasteiger partial charge in [0, 0.05) is 37.1 Å². The molecule has 7 heteroatoms. The third-order valence-corrected chi connectivity index (χ3v) is 3.20. The Morgan fingerprint density at radius 2 is 1.95 bits per heavy atom. The second-order valence-corrected chi connectivity index (χ2v) is 4.83. The number of aromatic nitrogens is 2. The Morgan fingerprint density at radius 1 is 1.27 bits per heavy atom. The van der Waals surface area contributed by atoms with Crippen molar-refractivity contribution in [2.45, 2.75) is 19.5 Å². The fourth-order valence-corrected chi connectivity index (χ4v) is 1.80. The molecule has 1 aromatic heterocycles. The minimum absolute atomic E-state index is 0. The van der Waals surface area contributed by atoms with E-state index in [4.69, 9.17) is 0 Å². The highest BCUT2D eigenvalue weighted by Crippen LogP contribution is 2.06. The molecule has 22 heavy (non-hydrogen) atoms. The lowest BCUT2D eigenvalue weighted by Crippen LogP contribution is -2.37. The minimum atomic E-state index is -0.0405. The fraction of sp³-hybridized carbons (Fsp3) is 0.333. The Bertz CT molecular complexity index is 543. The molecule has 1 aromatic carbocycles. The predicted molar refractivity (Wildman–Crippen MR) is 93.1 cm³/mol. The summed E-state index contributed by atoms with van der Waals surface area (Å²) in [6, 6.07) is 7.91. The Labute approximate surface area is 143 Å². The van der Waals surface area contributed by atoms with Crippen LogP contribution in [0.15, 0.2) is 43.0 Å². The van der Waals surface area contributed by atoms with Crippen molar-refractivity contribution in [1.29, 1.82) is 0 Å². The van der Waals surface area contributed by atoms with E-state index in [9.17, 15) is 4.79 Å². The van der Waals surface area contributed by atoms with E-state index in [2.05, 4.69) is 15.6 Å². The zero-order chi connectivity index (χ0) is 14.4. The number of amides is 1. The van der Waals surface area contributed by atoms with Crippen molar-refractivity contribution < 1.29 is 4.79 Å². The lowest BCUT2D eigenvalue weighted by molar-refractivity contribution is 0.0950. The first-order chi connectivity index (χ1) is 9.69. The van der Waals surface area contributed by atoms with Crippen molar-refractivity contribution in [2.24, 2.45) is 0 Å². The molecule has 0 fully saturated rings. The van der Waals surface area contributed by atoms with Crippen molar-refractivity contribution in [3.05, 3.63) is 54.1 Å². The van der Waals surface area contributed by atoms with E-state index in [0.717, 1.165) is 12.1 Å². The molecule has 1 atom stereocenters. The first kappa shape index (κ1) is 20.4. The maximum Gasteiger partial charge on any atom is 0.251 e. The molecule has 0 aliphatic heterocycles. The second-order valence-electron chi connectivity index (χ2n) is 4.83. The number of rotatable bonds is 6. The molecule has 5 nitrogen and oxygen atoms in total. The summed E-state index contributed by atoms with van der Waals surface area (Å²) in [5.41, 5.74) is 1.82. The van der Waals surface area contributed by atoms with Gasteiger partial charge in [-0.15, -0.1) is 24.8 Å². The molecule has 0 aliphatic rings. The smallest absolute Gasteiger partial charge is 0.251 e. The standard InChI is InChI=1S/C15H20N4O.2ClH/c1-12(16-2)9-18-15(20)14-5-3-13(4-6-14)10-19-8-7-17-11-19;;/h3-8,11-12,16H,9-10H2,1-2H3,(H,18,20);2*1H. The van der Waals surface area contributed by atoms with Crippen molar-refractivity contribution in [2.75, 3.05) is 13.6 Å². The lowest BCUT2D eigenvalue weighted by atomic mass is 10.1. The average Bonchev–Trinajstić information content (AvgIpc) is 2.98. The summed E-state index contributed by atoms with van der Waals surface area (Å²) in [6.45, 7) is 3.40. The molecular weight excluding hydrogens is 323 g/mol. The summed E-state index contributed by atoms with van der Waals surface area (Å²) in [5, 5.41) is 5.98. The van der Waals surface area contributed by atoms with Gasteiger partial charge in [-0.3, -0.25) is 4.79 Å². The van der Waals surface area contributed by atoms with Crippen molar-refractivity contribution in [1.82, 2.24) is 20.2 Å². The molecular formula is C15H22Cl2N4O. The number of halogens is 2. The van der Waals surface area contributed by atoms with Crippen LogP contribution < -0.4 is 10.6 Å².